The smallest absolute Gasteiger partial charge is 0.326 e. The molecular formula is C45H60N8O14. The minimum absolute atomic E-state index is 0.0161. The second-order valence-corrected chi connectivity index (χ2v) is 16.5. The lowest BCUT2D eigenvalue weighted by atomic mass is 10.0. The highest BCUT2D eigenvalue weighted by Crippen LogP contribution is 2.12. The summed E-state index contributed by atoms with van der Waals surface area (Å²) >= 11 is 0. The average Bonchev–Trinajstić information content (AvgIpc) is 3.25. The highest BCUT2D eigenvalue weighted by Gasteiger charge is 2.36. The van der Waals surface area contributed by atoms with Crippen molar-refractivity contribution in [1.29, 1.82) is 0 Å². The van der Waals surface area contributed by atoms with Crippen LogP contribution in [0.5, 0.6) is 0 Å². The number of carbonyl (C=O) groups excluding carboxylic acids is 8. The average molecular weight is 937 g/mol. The number of hydrogen-bond donors (Lipinski definition) is 11. The van der Waals surface area contributed by atoms with E-state index in [1.54, 1.807) is 74.5 Å². The van der Waals surface area contributed by atoms with E-state index >= 15 is 0 Å². The van der Waals surface area contributed by atoms with Crippen molar-refractivity contribution in [2.75, 3.05) is 6.54 Å². The van der Waals surface area contributed by atoms with Crippen molar-refractivity contribution in [2.24, 2.45) is 5.92 Å². The van der Waals surface area contributed by atoms with Gasteiger partial charge in [-0.15, -0.1) is 0 Å². The molecule has 67 heavy (non-hydrogen) atoms. The van der Waals surface area contributed by atoms with Gasteiger partial charge in [0.1, 0.15) is 42.3 Å². The molecule has 1 saturated heterocycles. The Kier molecular flexibility index (Phi) is 21.9. The number of nitrogens with one attached hydrogen (secondary N) is 8. The van der Waals surface area contributed by atoms with Crippen molar-refractivity contribution < 1.29 is 68.1 Å². The molecule has 7 atom stereocenters. The summed E-state index contributed by atoms with van der Waals surface area (Å²) in [7, 11) is 0. The Bertz CT molecular complexity index is 2090. The Hall–Kier alpha value is -7.39. The number of benzene rings is 2. The first-order chi connectivity index (χ1) is 31.7. The number of carboxylic acids is 3. The Balaban J connectivity index is 1.91. The molecule has 1 aliphatic heterocycles. The molecule has 3 rings (SSSR count). The fourth-order valence-electron chi connectivity index (χ4n) is 7.06. The van der Waals surface area contributed by atoms with Gasteiger partial charge in [-0.25, -0.2) is 4.79 Å². The molecule has 2 aromatic rings. The lowest BCUT2D eigenvalue weighted by Crippen LogP contribution is -2.60. The van der Waals surface area contributed by atoms with Gasteiger partial charge in [0, 0.05) is 32.7 Å². The third-order valence-corrected chi connectivity index (χ3v) is 10.4. The lowest BCUT2D eigenvalue weighted by molar-refractivity contribution is -0.143. The summed E-state index contributed by atoms with van der Waals surface area (Å²) in [6.45, 7) is 4.66. The number of rotatable bonds is 18. The van der Waals surface area contributed by atoms with Gasteiger partial charge in [0.2, 0.25) is 47.3 Å². The van der Waals surface area contributed by atoms with Gasteiger partial charge in [-0.05, 0) is 49.1 Å². The van der Waals surface area contributed by atoms with Gasteiger partial charge in [-0.3, -0.25) is 47.9 Å². The molecule has 0 radical (unpaired) electrons. The van der Waals surface area contributed by atoms with E-state index in [4.69, 9.17) is 0 Å². The number of hydrogen-bond acceptors (Lipinski definition) is 11. The summed E-state index contributed by atoms with van der Waals surface area (Å²) in [5.74, 6) is -12.0. The fourth-order valence-corrected chi connectivity index (χ4v) is 7.06. The third kappa shape index (κ3) is 19.7. The predicted molar refractivity (Wildman–Crippen MR) is 237 cm³/mol. The number of carboxylic acid groups (broad SMARTS) is 3. The molecule has 0 aromatic heterocycles. The van der Waals surface area contributed by atoms with Crippen molar-refractivity contribution in [3.63, 3.8) is 0 Å². The van der Waals surface area contributed by atoms with Crippen LogP contribution in [0.3, 0.4) is 0 Å². The van der Waals surface area contributed by atoms with Gasteiger partial charge in [-0.1, -0.05) is 74.5 Å². The highest BCUT2D eigenvalue weighted by atomic mass is 16.4. The Morgan fingerprint density at radius 2 is 1.24 bits per heavy atom. The first kappa shape index (κ1) is 53.9. The van der Waals surface area contributed by atoms with Crippen molar-refractivity contribution >= 4 is 65.2 Å². The fraction of sp³-hybridized carbons (Fsp3) is 0.489. The first-order valence-electron chi connectivity index (χ1n) is 21.8. The summed E-state index contributed by atoms with van der Waals surface area (Å²) in [5.41, 5.74) is 1.23. The quantitative estimate of drug-likeness (QED) is 0.0859. The van der Waals surface area contributed by atoms with E-state index in [0.717, 1.165) is 0 Å². The van der Waals surface area contributed by atoms with Crippen LogP contribution in [-0.4, -0.2) is 129 Å². The summed E-state index contributed by atoms with van der Waals surface area (Å²) in [5, 5.41) is 48.8. The number of aliphatic carboxylic acids is 3. The molecule has 2 aromatic carbocycles. The van der Waals surface area contributed by atoms with Gasteiger partial charge in [-0.2, -0.15) is 0 Å². The maximum atomic E-state index is 14.0. The minimum atomic E-state index is -1.86. The van der Waals surface area contributed by atoms with Crippen LogP contribution in [0.1, 0.15) is 83.3 Å². The molecule has 364 valence electrons. The second-order valence-electron chi connectivity index (χ2n) is 16.5. The SMILES string of the molecule is CC(=O)N[C@@H](Cc1ccccc1)C(=O)N[C@H]1CCC(=O)NCCCC[C@@H](C(=O)N[C@@H](CC(=O)O)C(=O)N[C@@H](Cc2ccccc2)C(=O)O)NC(=O)[C@H](CC(=O)O)NC(=O)[C@H](CC(C)C)NC1=O. The van der Waals surface area contributed by atoms with E-state index in [0.29, 0.717) is 11.1 Å². The molecular weight excluding hydrogens is 877 g/mol. The molecule has 0 saturated carbocycles. The standard InChI is InChI=1S/C45H60N8O14/c1-25(2)20-31-41(62)52-33(23-37(56)57)43(64)48-29(39(60)51-34(24-38(58)59)44(65)53-35(45(66)67)22-28-14-8-5-9-15-28)16-10-11-19-46-36(55)18-17-30(40(61)50-31)49-42(63)32(47-26(3)54)21-27-12-6-4-7-13-27/h4-9,12-15,25,29-35H,10-11,16-24H2,1-3H3,(H,46,55)(H,47,54)(H,48,64)(H,49,63)(H,50,61)(H,51,60)(H,52,62)(H,53,65)(H,56,57)(H,58,59)(H,66,67)/t29-,30-,31-,32-,33-,34-,35-/m0/s1. The summed E-state index contributed by atoms with van der Waals surface area (Å²) in [4.78, 5) is 144. The Labute approximate surface area is 386 Å². The molecule has 0 spiro atoms. The van der Waals surface area contributed by atoms with Crippen LogP contribution in [-0.2, 0) is 65.6 Å². The van der Waals surface area contributed by atoms with E-state index in [1.165, 1.54) is 6.92 Å². The largest absolute Gasteiger partial charge is 0.481 e. The van der Waals surface area contributed by atoms with E-state index < -0.39 is 120 Å². The summed E-state index contributed by atoms with van der Waals surface area (Å²) in [6, 6.07) is 6.14. The summed E-state index contributed by atoms with van der Waals surface area (Å²) in [6.07, 6.45) is -2.72. The molecule has 0 bridgehead atoms. The van der Waals surface area contributed by atoms with Crippen molar-refractivity contribution in [2.45, 2.75) is 127 Å². The molecule has 1 aliphatic rings. The van der Waals surface area contributed by atoms with Crippen molar-refractivity contribution in [3.05, 3.63) is 71.8 Å². The van der Waals surface area contributed by atoms with Crippen LogP contribution < -0.4 is 42.5 Å². The zero-order valence-electron chi connectivity index (χ0n) is 37.5. The maximum absolute atomic E-state index is 14.0. The second kappa shape index (κ2) is 27.2. The monoisotopic (exact) mass is 936 g/mol. The third-order valence-electron chi connectivity index (χ3n) is 10.4. The first-order valence-corrected chi connectivity index (χ1v) is 21.8. The highest BCUT2D eigenvalue weighted by molar-refractivity contribution is 5.99. The molecule has 22 heteroatoms. The van der Waals surface area contributed by atoms with Crippen LogP contribution in [0.15, 0.2) is 60.7 Å². The molecule has 0 unspecified atom stereocenters. The summed E-state index contributed by atoms with van der Waals surface area (Å²) < 4.78 is 0. The topological polar surface area (TPSA) is 345 Å². The van der Waals surface area contributed by atoms with Gasteiger partial charge < -0.3 is 57.9 Å². The molecule has 8 amide bonds. The zero-order chi connectivity index (χ0) is 49.6. The van der Waals surface area contributed by atoms with Gasteiger partial charge in [0.05, 0.1) is 12.8 Å². The normalized spacial score (nSPS) is 20.1. The van der Waals surface area contributed by atoms with Crippen LogP contribution in [0, 0.1) is 5.92 Å². The van der Waals surface area contributed by atoms with Crippen molar-refractivity contribution in [3.8, 4) is 0 Å². The van der Waals surface area contributed by atoms with Gasteiger partial charge >= 0.3 is 17.9 Å². The van der Waals surface area contributed by atoms with Crippen LogP contribution in [0.4, 0.5) is 0 Å². The Morgan fingerprint density at radius 3 is 1.79 bits per heavy atom. The number of carbonyl (C=O) groups is 11. The maximum Gasteiger partial charge on any atom is 0.326 e. The van der Waals surface area contributed by atoms with Gasteiger partial charge in [0.15, 0.2) is 0 Å². The van der Waals surface area contributed by atoms with E-state index in [9.17, 15) is 68.1 Å². The van der Waals surface area contributed by atoms with E-state index in [-0.39, 0.29) is 63.8 Å². The minimum Gasteiger partial charge on any atom is -0.481 e. The van der Waals surface area contributed by atoms with Crippen LogP contribution in [0.25, 0.3) is 0 Å². The Morgan fingerprint density at radius 1 is 0.657 bits per heavy atom. The molecule has 22 nitrogen and oxygen atoms in total. The zero-order valence-corrected chi connectivity index (χ0v) is 37.5. The van der Waals surface area contributed by atoms with Crippen LogP contribution >= 0.6 is 0 Å². The lowest BCUT2D eigenvalue weighted by Gasteiger charge is -2.28. The molecule has 11 N–H and O–H groups in total. The molecule has 1 heterocycles. The van der Waals surface area contributed by atoms with Crippen LogP contribution in [0.2, 0.25) is 0 Å². The van der Waals surface area contributed by atoms with Gasteiger partial charge in [0.25, 0.3) is 0 Å². The van der Waals surface area contributed by atoms with Crippen molar-refractivity contribution in [1.82, 2.24) is 42.5 Å². The van der Waals surface area contributed by atoms with E-state index in [1.807, 2.05) is 0 Å². The number of amides is 8. The van der Waals surface area contributed by atoms with E-state index in [2.05, 4.69) is 42.5 Å². The molecule has 0 aliphatic carbocycles. The molecule has 1 fully saturated rings. The predicted octanol–water partition coefficient (Wildman–Crippen LogP) is -0.954.